The molecule has 0 saturated heterocycles. The van der Waals surface area contributed by atoms with Crippen LogP contribution in [0.25, 0.3) is 5.69 Å². The van der Waals surface area contributed by atoms with Gasteiger partial charge in [0.15, 0.2) is 0 Å². The molecule has 26 heavy (non-hydrogen) atoms. The highest BCUT2D eigenvalue weighted by Gasteiger charge is 2.32. The number of hydrogen-bond donors (Lipinski definition) is 3. The Morgan fingerprint density at radius 3 is 2.50 bits per heavy atom. The number of nitrogens with zero attached hydrogens (tertiary/aromatic N) is 1. The molecule has 0 aliphatic carbocycles. The maximum absolute atomic E-state index is 12.6. The minimum absolute atomic E-state index is 0.0361. The molecule has 2 heterocycles. The van der Waals surface area contributed by atoms with Gasteiger partial charge < -0.3 is 11.1 Å². The Morgan fingerprint density at radius 2 is 1.85 bits per heavy atom. The largest absolute Gasteiger partial charge is 0.384 e. The maximum Gasteiger partial charge on any atom is 0.262 e. The molecule has 8 heteroatoms. The van der Waals surface area contributed by atoms with E-state index < -0.39 is 17.4 Å². The van der Waals surface area contributed by atoms with E-state index in [0.29, 0.717) is 16.8 Å². The number of anilines is 1. The molecule has 0 spiro atoms. The number of carbonyl (C=O) groups excluding carboxylic acids is 3. The van der Waals surface area contributed by atoms with Gasteiger partial charge in [0.1, 0.15) is 5.82 Å². The summed E-state index contributed by atoms with van der Waals surface area (Å²) in [5.74, 6) is -1.73. The molecule has 0 fully saturated rings. The molecule has 2 aromatic rings. The number of imide groups is 1. The summed E-state index contributed by atoms with van der Waals surface area (Å²) in [6.45, 7) is 5.43. The average Bonchev–Trinajstić information content (AvgIpc) is 2.82. The summed E-state index contributed by atoms with van der Waals surface area (Å²) in [4.78, 5) is 48.6. The second-order valence-corrected chi connectivity index (χ2v) is 6.40. The Balaban J connectivity index is 2.21. The van der Waals surface area contributed by atoms with E-state index in [4.69, 9.17) is 5.73 Å². The van der Waals surface area contributed by atoms with Crippen LogP contribution in [0.2, 0.25) is 0 Å². The fraction of sp³-hybridized carbons (Fsp3) is 0.222. The molecule has 1 aromatic carbocycles. The first-order valence-corrected chi connectivity index (χ1v) is 8.03. The van der Waals surface area contributed by atoms with Gasteiger partial charge in [-0.3, -0.25) is 29.1 Å². The second-order valence-electron chi connectivity index (χ2n) is 6.40. The number of aromatic nitrogens is 1. The monoisotopic (exact) mass is 354 g/mol. The zero-order chi connectivity index (χ0) is 19.2. The zero-order valence-corrected chi connectivity index (χ0v) is 14.5. The summed E-state index contributed by atoms with van der Waals surface area (Å²) in [6.07, 6.45) is 0. The lowest BCUT2D eigenvalue weighted by Gasteiger charge is -2.16. The molecular formula is C18H18N4O4. The molecule has 1 aromatic heterocycles. The van der Waals surface area contributed by atoms with Gasteiger partial charge >= 0.3 is 0 Å². The second kappa shape index (κ2) is 6.14. The van der Waals surface area contributed by atoms with Gasteiger partial charge in [0.2, 0.25) is 0 Å². The van der Waals surface area contributed by atoms with E-state index in [1.165, 1.54) is 6.07 Å². The van der Waals surface area contributed by atoms with Crippen molar-refractivity contribution in [1.29, 1.82) is 0 Å². The summed E-state index contributed by atoms with van der Waals surface area (Å²) in [5, 5.41) is 4.90. The van der Waals surface area contributed by atoms with E-state index in [0.717, 1.165) is 10.6 Å². The van der Waals surface area contributed by atoms with Gasteiger partial charge in [0.25, 0.3) is 23.3 Å². The van der Waals surface area contributed by atoms with Crippen molar-refractivity contribution in [2.24, 2.45) is 0 Å². The number of benzene rings is 1. The summed E-state index contributed by atoms with van der Waals surface area (Å²) >= 11 is 0. The number of pyridine rings is 1. The van der Waals surface area contributed by atoms with E-state index in [1.54, 1.807) is 19.1 Å². The summed E-state index contributed by atoms with van der Waals surface area (Å²) in [7, 11) is 0. The number of rotatable bonds is 3. The van der Waals surface area contributed by atoms with Crippen LogP contribution in [0, 0.1) is 6.92 Å². The number of aryl methyl sites for hydroxylation is 1. The Morgan fingerprint density at radius 1 is 1.15 bits per heavy atom. The van der Waals surface area contributed by atoms with Gasteiger partial charge in [0, 0.05) is 17.7 Å². The van der Waals surface area contributed by atoms with Gasteiger partial charge in [-0.05, 0) is 38.5 Å². The quantitative estimate of drug-likeness (QED) is 0.702. The predicted molar refractivity (Wildman–Crippen MR) is 95.6 cm³/mol. The fourth-order valence-electron chi connectivity index (χ4n) is 2.86. The number of hydrogen-bond acceptors (Lipinski definition) is 5. The lowest BCUT2D eigenvalue weighted by molar-refractivity contribution is 0.0877. The number of nitrogens with one attached hydrogen (secondary N) is 2. The normalized spacial score (nSPS) is 12.9. The smallest absolute Gasteiger partial charge is 0.262 e. The van der Waals surface area contributed by atoms with Crippen LogP contribution in [-0.4, -0.2) is 28.3 Å². The highest BCUT2D eigenvalue weighted by atomic mass is 16.2. The molecule has 134 valence electrons. The minimum atomic E-state index is -0.650. The fourth-order valence-corrected chi connectivity index (χ4v) is 2.86. The number of carbonyl (C=O) groups is 3. The van der Waals surface area contributed by atoms with E-state index >= 15 is 0 Å². The van der Waals surface area contributed by atoms with Crippen molar-refractivity contribution in [1.82, 2.24) is 15.2 Å². The zero-order valence-electron chi connectivity index (χ0n) is 14.5. The average molecular weight is 354 g/mol. The molecule has 3 rings (SSSR count). The summed E-state index contributed by atoms with van der Waals surface area (Å²) in [6, 6.07) is 5.89. The van der Waals surface area contributed by atoms with Crippen LogP contribution in [0.5, 0.6) is 0 Å². The van der Waals surface area contributed by atoms with Crippen molar-refractivity contribution in [2.75, 3.05) is 5.73 Å². The molecule has 0 unspecified atom stereocenters. The molecule has 1 aliphatic rings. The Hall–Kier alpha value is -3.42. The topological polar surface area (TPSA) is 123 Å². The van der Waals surface area contributed by atoms with Crippen LogP contribution in [0.4, 0.5) is 5.82 Å². The molecular weight excluding hydrogens is 336 g/mol. The van der Waals surface area contributed by atoms with E-state index in [1.807, 2.05) is 13.8 Å². The minimum Gasteiger partial charge on any atom is -0.384 e. The van der Waals surface area contributed by atoms with Crippen LogP contribution < -0.4 is 21.9 Å². The van der Waals surface area contributed by atoms with E-state index in [2.05, 4.69) is 10.6 Å². The van der Waals surface area contributed by atoms with Gasteiger partial charge in [-0.15, -0.1) is 0 Å². The molecule has 3 amide bonds. The third kappa shape index (κ3) is 2.75. The van der Waals surface area contributed by atoms with Crippen molar-refractivity contribution < 1.29 is 14.4 Å². The van der Waals surface area contributed by atoms with Gasteiger partial charge in [-0.25, -0.2) is 0 Å². The first-order chi connectivity index (χ1) is 12.2. The molecule has 0 atom stereocenters. The Labute approximate surface area is 149 Å². The molecule has 1 aliphatic heterocycles. The van der Waals surface area contributed by atoms with Crippen molar-refractivity contribution >= 4 is 23.5 Å². The van der Waals surface area contributed by atoms with E-state index in [9.17, 15) is 19.2 Å². The number of nitrogen functional groups attached to an aromatic ring is 1. The van der Waals surface area contributed by atoms with Crippen molar-refractivity contribution in [3.8, 4) is 5.69 Å². The van der Waals surface area contributed by atoms with Crippen molar-refractivity contribution in [2.45, 2.75) is 26.8 Å². The maximum atomic E-state index is 12.6. The molecule has 0 bridgehead atoms. The molecule has 0 radical (unpaired) electrons. The van der Waals surface area contributed by atoms with Gasteiger partial charge in [-0.2, -0.15) is 0 Å². The first-order valence-electron chi connectivity index (χ1n) is 8.03. The SMILES string of the molecule is Cc1ccc(C(=O)NC(C)C)cc1-n1c(N)c2c(cc1=O)C(=O)NC2=O. The summed E-state index contributed by atoms with van der Waals surface area (Å²) in [5.41, 5.74) is 6.82. The first kappa shape index (κ1) is 17.4. The predicted octanol–water partition coefficient (Wildman–Crippen LogP) is 0.750. The van der Waals surface area contributed by atoms with E-state index in [-0.39, 0.29) is 28.9 Å². The Bertz CT molecular complexity index is 1020. The Kier molecular flexibility index (Phi) is 4.11. The molecule has 4 N–H and O–H groups in total. The lowest BCUT2D eigenvalue weighted by Crippen LogP contribution is -2.30. The number of amides is 3. The third-order valence-electron chi connectivity index (χ3n) is 4.09. The van der Waals surface area contributed by atoms with Crippen LogP contribution in [0.15, 0.2) is 29.1 Å². The van der Waals surface area contributed by atoms with Crippen LogP contribution in [-0.2, 0) is 0 Å². The van der Waals surface area contributed by atoms with Crippen LogP contribution in [0.1, 0.15) is 50.5 Å². The van der Waals surface area contributed by atoms with Crippen LogP contribution >= 0.6 is 0 Å². The number of fused-ring (bicyclic) bond motifs is 1. The lowest BCUT2D eigenvalue weighted by atomic mass is 10.1. The van der Waals surface area contributed by atoms with Gasteiger partial charge in [0.05, 0.1) is 16.8 Å². The highest BCUT2D eigenvalue weighted by molar-refractivity contribution is 6.23. The van der Waals surface area contributed by atoms with Gasteiger partial charge in [-0.1, -0.05) is 6.07 Å². The number of nitrogens with two attached hydrogens (primary N) is 1. The van der Waals surface area contributed by atoms with Crippen molar-refractivity contribution in [3.63, 3.8) is 0 Å². The highest BCUT2D eigenvalue weighted by Crippen LogP contribution is 2.24. The van der Waals surface area contributed by atoms with Crippen molar-refractivity contribution in [3.05, 3.63) is 56.9 Å². The molecule has 0 saturated carbocycles. The molecule has 8 nitrogen and oxygen atoms in total. The van der Waals surface area contributed by atoms with Crippen LogP contribution in [0.3, 0.4) is 0 Å². The summed E-state index contributed by atoms with van der Waals surface area (Å²) < 4.78 is 1.14. The third-order valence-corrected chi connectivity index (χ3v) is 4.09. The standard InChI is InChI=1S/C18H18N4O4/c1-8(2)20-16(24)10-5-4-9(3)12(6-10)22-13(23)7-11-14(15(22)19)18(26)21-17(11)25/h4-8H,19H2,1-3H3,(H,20,24)(H,21,25,26).